The van der Waals surface area contributed by atoms with E-state index in [4.69, 9.17) is 0 Å². The summed E-state index contributed by atoms with van der Waals surface area (Å²) in [6.45, 7) is 0. The number of nitrogens with one attached hydrogen (secondary N) is 1. The Morgan fingerprint density at radius 2 is 1.79 bits per heavy atom. The summed E-state index contributed by atoms with van der Waals surface area (Å²) in [6, 6.07) is 15.9. The number of fused-ring (bicyclic) bond motifs is 1. The van der Waals surface area contributed by atoms with Crippen LogP contribution >= 0.6 is 61.3 Å². The van der Waals surface area contributed by atoms with Gasteiger partial charge in [0.2, 0.25) is 0 Å². The quantitative estimate of drug-likeness (QED) is 0.281. The first-order valence-electron chi connectivity index (χ1n) is 8.14. The third-order valence-corrected chi connectivity index (χ3v) is 8.58. The van der Waals surface area contributed by atoms with Gasteiger partial charge < -0.3 is 0 Å². The van der Waals surface area contributed by atoms with Gasteiger partial charge in [0.05, 0.1) is 34.3 Å². The van der Waals surface area contributed by atoms with Crippen LogP contribution in [0.3, 0.4) is 0 Å². The van der Waals surface area contributed by atoms with Crippen molar-refractivity contribution in [3.8, 4) is 20.5 Å². The van der Waals surface area contributed by atoms with Crippen LogP contribution in [0, 0.1) is 0 Å². The summed E-state index contributed by atoms with van der Waals surface area (Å²) in [5.41, 5.74) is 1.86. The second kappa shape index (κ2) is 7.49. The molecule has 0 unspecified atom stereocenters. The number of anilines is 1. The fraction of sp³-hybridized carbons (Fsp3) is 0. The molecule has 138 valence electrons. The third kappa shape index (κ3) is 3.56. The maximum absolute atomic E-state index is 12.6. The molecule has 28 heavy (non-hydrogen) atoms. The first-order valence-corrected chi connectivity index (χ1v) is 12.3. The van der Waals surface area contributed by atoms with Crippen LogP contribution in [0.5, 0.6) is 0 Å². The van der Waals surface area contributed by atoms with Crippen molar-refractivity contribution in [2.24, 2.45) is 0 Å². The Labute approximate surface area is 184 Å². The molecule has 1 aromatic carbocycles. The van der Waals surface area contributed by atoms with Crippen molar-refractivity contribution in [2.45, 2.75) is 0 Å². The summed E-state index contributed by atoms with van der Waals surface area (Å²) in [5, 5.41) is 6.39. The van der Waals surface area contributed by atoms with Crippen molar-refractivity contribution < 1.29 is 4.79 Å². The van der Waals surface area contributed by atoms with E-state index in [1.807, 2.05) is 47.8 Å². The highest BCUT2D eigenvalue weighted by Crippen LogP contribution is 2.35. The molecule has 4 aromatic heterocycles. The number of halogens is 1. The number of amides is 1. The van der Waals surface area contributed by atoms with Crippen molar-refractivity contribution in [1.29, 1.82) is 0 Å². The monoisotopic (exact) mass is 503 g/mol. The lowest BCUT2D eigenvalue weighted by Gasteiger charge is -1.97. The number of carbonyl (C=O) groups excluding carboxylic acids is 1. The number of hydrogen-bond donors (Lipinski definition) is 1. The van der Waals surface area contributed by atoms with E-state index in [1.54, 1.807) is 22.7 Å². The number of carbonyl (C=O) groups is 1. The SMILES string of the molecule is O=C(Nc1nc(-c2ccc(Br)s2)cs1)c1ccc(-c2nc3ccccc3s2)s1. The second-order valence-corrected chi connectivity index (χ2v) is 11.2. The summed E-state index contributed by atoms with van der Waals surface area (Å²) in [5.74, 6) is -0.148. The van der Waals surface area contributed by atoms with Crippen LogP contribution in [0.2, 0.25) is 0 Å². The van der Waals surface area contributed by atoms with Crippen LogP contribution in [-0.2, 0) is 0 Å². The molecular weight excluding hydrogens is 494 g/mol. The van der Waals surface area contributed by atoms with Crippen LogP contribution in [-0.4, -0.2) is 15.9 Å². The first kappa shape index (κ1) is 18.1. The van der Waals surface area contributed by atoms with Gasteiger partial charge >= 0.3 is 0 Å². The van der Waals surface area contributed by atoms with Gasteiger partial charge in [-0.1, -0.05) is 12.1 Å². The Bertz CT molecular complexity index is 1270. The van der Waals surface area contributed by atoms with Gasteiger partial charge in [-0.2, -0.15) is 0 Å². The van der Waals surface area contributed by atoms with Gasteiger partial charge in [0, 0.05) is 5.38 Å². The van der Waals surface area contributed by atoms with Crippen molar-refractivity contribution in [3.05, 3.63) is 62.6 Å². The van der Waals surface area contributed by atoms with Gasteiger partial charge in [-0.15, -0.1) is 45.3 Å². The van der Waals surface area contributed by atoms with Gasteiger partial charge in [0.15, 0.2) is 5.13 Å². The third-order valence-electron chi connectivity index (χ3n) is 3.88. The highest BCUT2D eigenvalue weighted by Gasteiger charge is 2.15. The smallest absolute Gasteiger partial charge is 0.267 e. The van der Waals surface area contributed by atoms with E-state index in [9.17, 15) is 4.79 Å². The van der Waals surface area contributed by atoms with Crippen molar-refractivity contribution in [2.75, 3.05) is 5.32 Å². The van der Waals surface area contributed by atoms with Gasteiger partial charge in [-0.3, -0.25) is 10.1 Å². The maximum Gasteiger partial charge on any atom is 0.267 e. The van der Waals surface area contributed by atoms with Crippen LogP contribution in [0.1, 0.15) is 9.67 Å². The zero-order chi connectivity index (χ0) is 19.1. The number of para-hydroxylation sites is 1. The molecule has 0 atom stereocenters. The minimum atomic E-state index is -0.148. The number of thiazole rings is 2. The Hall–Kier alpha value is -1.91. The number of benzene rings is 1. The number of aromatic nitrogens is 2. The highest BCUT2D eigenvalue weighted by molar-refractivity contribution is 9.11. The molecule has 5 rings (SSSR count). The Morgan fingerprint density at radius 3 is 2.61 bits per heavy atom. The first-order chi connectivity index (χ1) is 13.7. The van der Waals surface area contributed by atoms with Gasteiger partial charge in [-0.05, 0) is 52.3 Å². The Kier molecular flexibility index (Phi) is 4.85. The van der Waals surface area contributed by atoms with Crippen LogP contribution in [0.4, 0.5) is 5.13 Å². The largest absolute Gasteiger partial charge is 0.297 e. The molecule has 1 amide bonds. The minimum absolute atomic E-state index is 0.148. The van der Waals surface area contributed by atoms with Gasteiger partial charge in [0.1, 0.15) is 5.01 Å². The second-order valence-electron chi connectivity index (χ2n) is 5.75. The van der Waals surface area contributed by atoms with E-state index in [1.165, 1.54) is 22.7 Å². The average Bonchev–Trinajstić information content (AvgIpc) is 3.46. The van der Waals surface area contributed by atoms with E-state index < -0.39 is 0 Å². The van der Waals surface area contributed by atoms with E-state index in [0.29, 0.717) is 10.0 Å². The molecule has 9 heteroatoms. The molecule has 0 radical (unpaired) electrons. The number of hydrogen-bond acceptors (Lipinski definition) is 7. The van der Waals surface area contributed by atoms with Gasteiger partial charge in [0.25, 0.3) is 5.91 Å². The number of thiophene rings is 2. The van der Waals surface area contributed by atoms with Crippen LogP contribution in [0.15, 0.2) is 57.7 Å². The van der Waals surface area contributed by atoms with Gasteiger partial charge in [-0.25, -0.2) is 9.97 Å². The van der Waals surface area contributed by atoms with Crippen molar-refractivity contribution in [3.63, 3.8) is 0 Å². The number of rotatable bonds is 4. The Morgan fingerprint density at radius 1 is 0.929 bits per heavy atom. The summed E-state index contributed by atoms with van der Waals surface area (Å²) in [4.78, 5) is 24.5. The Balaban J connectivity index is 1.34. The standard InChI is InChI=1S/C19H10BrN3OS4/c20-16-8-7-13(27-16)11-9-25-19(22-11)23-17(24)14-5-6-15(26-14)18-21-10-3-1-2-4-12(10)28-18/h1-9H,(H,22,23,24). The van der Waals surface area contributed by atoms with Crippen LogP contribution < -0.4 is 5.32 Å². The molecular formula is C19H10BrN3OS4. The van der Waals surface area contributed by atoms with E-state index in [2.05, 4.69) is 37.3 Å². The summed E-state index contributed by atoms with van der Waals surface area (Å²) >= 11 is 9.58. The van der Waals surface area contributed by atoms with Crippen molar-refractivity contribution >= 4 is 82.5 Å². The topological polar surface area (TPSA) is 54.9 Å². The zero-order valence-electron chi connectivity index (χ0n) is 14.0. The van der Waals surface area contributed by atoms with Crippen LogP contribution in [0.25, 0.3) is 30.7 Å². The molecule has 4 nitrogen and oxygen atoms in total. The van der Waals surface area contributed by atoms with E-state index >= 15 is 0 Å². The molecule has 0 spiro atoms. The number of nitrogens with zero attached hydrogens (tertiary/aromatic N) is 2. The molecule has 1 N–H and O–H groups in total. The molecule has 5 aromatic rings. The lowest BCUT2D eigenvalue weighted by Crippen LogP contribution is -2.09. The summed E-state index contributed by atoms with van der Waals surface area (Å²) in [6.07, 6.45) is 0. The molecule has 0 bridgehead atoms. The fourth-order valence-electron chi connectivity index (χ4n) is 2.61. The minimum Gasteiger partial charge on any atom is -0.297 e. The van der Waals surface area contributed by atoms with E-state index in [0.717, 1.165) is 34.5 Å². The molecule has 0 aliphatic heterocycles. The molecule has 4 heterocycles. The lowest BCUT2D eigenvalue weighted by atomic mass is 10.3. The average molecular weight is 504 g/mol. The zero-order valence-corrected chi connectivity index (χ0v) is 18.9. The molecule has 0 fully saturated rings. The molecule has 0 saturated carbocycles. The fourth-order valence-corrected chi connectivity index (χ4v) is 6.66. The molecule has 0 aliphatic rings. The maximum atomic E-state index is 12.6. The normalized spacial score (nSPS) is 11.2. The molecule has 0 aliphatic carbocycles. The summed E-state index contributed by atoms with van der Waals surface area (Å²) in [7, 11) is 0. The van der Waals surface area contributed by atoms with Crippen molar-refractivity contribution in [1.82, 2.24) is 9.97 Å². The summed E-state index contributed by atoms with van der Waals surface area (Å²) < 4.78 is 2.20. The predicted molar refractivity (Wildman–Crippen MR) is 124 cm³/mol. The molecule has 0 saturated heterocycles. The lowest BCUT2D eigenvalue weighted by molar-refractivity contribution is 0.103. The predicted octanol–water partition coefficient (Wildman–Crippen LogP) is 7.22. The van der Waals surface area contributed by atoms with E-state index in [-0.39, 0.29) is 5.91 Å². The highest BCUT2D eigenvalue weighted by atomic mass is 79.9.